The molecule has 2 aromatic carbocycles. The Balaban J connectivity index is 2.14. The highest BCUT2D eigenvalue weighted by Gasteiger charge is 2.38. The predicted octanol–water partition coefficient (Wildman–Crippen LogP) is 3.41. The molecule has 0 amide bonds. The van der Waals surface area contributed by atoms with Gasteiger partial charge in [0, 0.05) is 5.56 Å². The molecule has 1 aliphatic heterocycles. The van der Waals surface area contributed by atoms with Crippen LogP contribution in [0, 0.1) is 18.3 Å². The molecule has 9 heteroatoms. The van der Waals surface area contributed by atoms with Gasteiger partial charge in [-0.25, -0.2) is 4.79 Å². The number of para-hydroxylation sites is 1. The Morgan fingerprint density at radius 2 is 1.81 bits per heavy atom. The molecule has 0 aliphatic carbocycles. The van der Waals surface area contributed by atoms with E-state index in [2.05, 4.69) is 0 Å². The second-order valence-electron chi connectivity index (χ2n) is 7.00. The van der Waals surface area contributed by atoms with Crippen molar-refractivity contribution in [3.8, 4) is 11.8 Å². The molecule has 2 N–H and O–H groups in total. The number of hydrogen-bond acceptors (Lipinski definition) is 8. The second kappa shape index (κ2) is 9.16. The summed E-state index contributed by atoms with van der Waals surface area (Å²) in [5.41, 5.74) is 7.06. The molecule has 0 saturated carbocycles. The van der Waals surface area contributed by atoms with E-state index in [4.69, 9.17) is 19.4 Å². The van der Waals surface area contributed by atoms with Gasteiger partial charge in [-0.3, -0.25) is 0 Å². The van der Waals surface area contributed by atoms with Crippen LogP contribution < -0.4 is 9.92 Å². The summed E-state index contributed by atoms with van der Waals surface area (Å²) in [6.45, 7) is 5.10. The first-order chi connectivity index (χ1) is 15.2. The number of ether oxygens (including phenoxy) is 2. The van der Waals surface area contributed by atoms with Crippen molar-refractivity contribution in [1.82, 2.24) is 0 Å². The fourth-order valence-corrected chi connectivity index (χ4v) is 4.29. The van der Waals surface area contributed by atoms with Gasteiger partial charge in [0.1, 0.15) is 28.0 Å². The minimum absolute atomic E-state index is 0.0298. The molecule has 1 aliphatic rings. The van der Waals surface area contributed by atoms with E-state index >= 15 is 0 Å². The number of esters is 1. The summed E-state index contributed by atoms with van der Waals surface area (Å²) in [7, 11) is -4.18. The summed E-state index contributed by atoms with van der Waals surface area (Å²) in [4.78, 5) is 12.7. The normalized spacial score (nSPS) is 16.2. The third-order valence-electron chi connectivity index (χ3n) is 4.84. The molecule has 1 heterocycles. The fourth-order valence-electron chi connectivity index (χ4n) is 3.33. The standard InChI is InChI=1S/C23H22N2O6S/c1-4-29-23(26)20-15(3)30-22(25)18(13-24)21(20)17-7-5-6-8-19(17)31-32(27,28)16-11-9-14(2)10-12-16/h5-12,21H,4,25H2,1-3H3. The lowest BCUT2D eigenvalue weighted by atomic mass is 9.82. The van der Waals surface area contributed by atoms with Crippen LogP contribution in [0.25, 0.3) is 0 Å². The minimum Gasteiger partial charge on any atom is -0.463 e. The number of rotatable bonds is 6. The van der Waals surface area contributed by atoms with Crippen molar-refractivity contribution in [3.05, 3.63) is 82.4 Å². The maximum atomic E-state index is 12.9. The van der Waals surface area contributed by atoms with Crippen LogP contribution >= 0.6 is 0 Å². The van der Waals surface area contributed by atoms with Crippen molar-refractivity contribution in [3.63, 3.8) is 0 Å². The summed E-state index contributed by atoms with van der Waals surface area (Å²) in [6.07, 6.45) is 0. The number of hydrogen-bond donors (Lipinski definition) is 1. The average Bonchev–Trinajstić information content (AvgIpc) is 2.74. The van der Waals surface area contributed by atoms with Crippen molar-refractivity contribution >= 4 is 16.1 Å². The van der Waals surface area contributed by atoms with Gasteiger partial charge in [0.2, 0.25) is 5.88 Å². The van der Waals surface area contributed by atoms with Gasteiger partial charge in [-0.15, -0.1) is 0 Å². The number of nitrogens with zero attached hydrogens (tertiary/aromatic N) is 1. The summed E-state index contributed by atoms with van der Waals surface area (Å²) in [6, 6.07) is 14.4. The molecule has 0 saturated heterocycles. The molecule has 0 fully saturated rings. The molecule has 2 aromatic rings. The molecule has 32 heavy (non-hydrogen) atoms. The van der Waals surface area contributed by atoms with E-state index in [1.54, 1.807) is 37.3 Å². The van der Waals surface area contributed by atoms with Crippen LogP contribution in [-0.2, 0) is 24.4 Å². The smallest absolute Gasteiger partial charge is 0.339 e. The first-order valence-electron chi connectivity index (χ1n) is 9.75. The van der Waals surface area contributed by atoms with E-state index < -0.39 is 22.0 Å². The first kappa shape index (κ1) is 22.9. The maximum Gasteiger partial charge on any atom is 0.339 e. The lowest BCUT2D eigenvalue weighted by Crippen LogP contribution is -2.26. The fraction of sp³-hybridized carbons (Fsp3) is 0.217. The predicted molar refractivity (Wildman–Crippen MR) is 115 cm³/mol. The van der Waals surface area contributed by atoms with E-state index in [1.165, 1.54) is 25.1 Å². The summed E-state index contributed by atoms with van der Waals surface area (Å²) < 4.78 is 41.8. The van der Waals surface area contributed by atoms with Gasteiger partial charge in [0.15, 0.2) is 0 Å². The average molecular weight is 455 g/mol. The van der Waals surface area contributed by atoms with Crippen LogP contribution in [0.5, 0.6) is 5.75 Å². The van der Waals surface area contributed by atoms with E-state index in [0.29, 0.717) is 0 Å². The molecule has 8 nitrogen and oxygen atoms in total. The van der Waals surface area contributed by atoms with Gasteiger partial charge in [0.05, 0.1) is 18.1 Å². The van der Waals surface area contributed by atoms with E-state index in [9.17, 15) is 18.5 Å². The van der Waals surface area contributed by atoms with Crippen LogP contribution in [0.4, 0.5) is 0 Å². The first-order valence-corrected chi connectivity index (χ1v) is 11.2. The lowest BCUT2D eigenvalue weighted by molar-refractivity contribution is -0.139. The Morgan fingerprint density at radius 3 is 2.44 bits per heavy atom. The van der Waals surface area contributed by atoms with Crippen molar-refractivity contribution in [1.29, 1.82) is 5.26 Å². The van der Waals surface area contributed by atoms with Crippen LogP contribution in [0.1, 0.15) is 30.9 Å². The zero-order valence-electron chi connectivity index (χ0n) is 17.8. The Bertz CT molecular complexity index is 1250. The lowest BCUT2D eigenvalue weighted by Gasteiger charge is -2.27. The topological polar surface area (TPSA) is 129 Å². The Morgan fingerprint density at radius 1 is 1.16 bits per heavy atom. The van der Waals surface area contributed by atoms with Gasteiger partial charge in [0.25, 0.3) is 0 Å². The zero-order chi connectivity index (χ0) is 23.5. The maximum absolute atomic E-state index is 12.9. The molecular weight excluding hydrogens is 432 g/mol. The summed E-state index contributed by atoms with van der Waals surface area (Å²) in [5.74, 6) is -1.81. The van der Waals surface area contributed by atoms with Crippen LogP contribution in [-0.4, -0.2) is 21.0 Å². The molecule has 0 radical (unpaired) electrons. The Labute approximate surface area is 186 Å². The number of nitrogens with two attached hydrogens (primary N) is 1. The minimum atomic E-state index is -4.18. The van der Waals surface area contributed by atoms with Crippen molar-refractivity contribution in [2.75, 3.05) is 6.61 Å². The number of carbonyl (C=O) groups excluding carboxylic acids is 1. The number of aryl methyl sites for hydroxylation is 1. The quantitative estimate of drug-likeness (QED) is 0.519. The number of carbonyl (C=O) groups is 1. The molecule has 0 aromatic heterocycles. The van der Waals surface area contributed by atoms with E-state index in [1.807, 2.05) is 13.0 Å². The second-order valence-corrected chi connectivity index (χ2v) is 8.55. The Hall–Kier alpha value is -3.77. The molecule has 0 bridgehead atoms. The molecule has 1 atom stereocenters. The van der Waals surface area contributed by atoms with E-state index in [0.717, 1.165) is 5.56 Å². The highest BCUT2D eigenvalue weighted by atomic mass is 32.2. The molecule has 166 valence electrons. The van der Waals surface area contributed by atoms with Gasteiger partial charge in [-0.2, -0.15) is 13.7 Å². The van der Waals surface area contributed by atoms with Crippen LogP contribution in [0.15, 0.2) is 76.2 Å². The number of allylic oxidation sites excluding steroid dienone is 2. The summed E-state index contributed by atoms with van der Waals surface area (Å²) in [5, 5.41) is 9.73. The van der Waals surface area contributed by atoms with Gasteiger partial charge in [-0.05, 0) is 39.0 Å². The van der Waals surface area contributed by atoms with Crippen LogP contribution in [0.2, 0.25) is 0 Å². The van der Waals surface area contributed by atoms with Gasteiger partial charge in [-0.1, -0.05) is 35.9 Å². The number of nitriles is 1. The summed E-state index contributed by atoms with van der Waals surface area (Å²) >= 11 is 0. The SMILES string of the molecule is CCOC(=O)C1=C(C)OC(N)=C(C#N)C1c1ccccc1OS(=O)(=O)c1ccc(C)cc1. The molecule has 3 rings (SSSR count). The monoisotopic (exact) mass is 454 g/mol. The van der Waals surface area contributed by atoms with Gasteiger partial charge < -0.3 is 19.4 Å². The van der Waals surface area contributed by atoms with Crippen molar-refractivity contribution < 1.29 is 26.9 Å². The largest absolute Gasteiger partial charge is 0.463 e. The zero-order valence-corrected chi connectivity index (χ0v) is 18.6. The Kier molecular flexibility index (Phi) is 6.55. The molecule has 0 spiro atoms. The third kappa shape index (κ3) is 4.45. The van der Waals surface area contributed by atoms with E-state index in [-0.39, 0.29) is 45.6 Å². The molecule has 1 unspecified atom stereocenters. The van der Waals surface area contributed by atoms with Crippen LogP contribution in [0.3, 0.4) is 0 Å². The van der Waals surface area contributed by atoms with Crippen molar-refractivity contribution in [2.24, 2.45) is 5.73 Å². The number of benzene rings is 2. The van der Waals surface area contributed by atoms with Gasteiger partial charge >= 0.3 is 16.1 Å². The third-order valence-corrected chi connectivity index (χ3v) is 6.09. The molecular formula is C23H22N2O6S. The highest BCUT2D eigenvalue weighted by molar-refractivity contribution is 7.87. The highest BCUT2D eigenvalue weighted by Crippen LogP contribution is 2.43. The van der Waals surface area contributed by atoms with Crippen molar-refractivity contribution in [2.45, 2.75) is 31.6 Å².